The van der Waals surface area contributed by atoms with Crippen molar-refractivity contribution in [2.24, 2.45) is 0 Å². The van der Waals surface area contributed by atoms with E-state index in [0.717, 1.165) is 18.4 Å². The number of halogens is 1. The Labute approximate surface area is 150 Å². The van der Waals surface area contributed by atoms with Gasteiger partial charge < -0.3 is 14.4 Å². The van der Waals surface area contributed by atoms with E-state index in [1.54, 1.807) is 12.3 Å². The number of amides is 1. The Kier molecular flexibility index (Phi) is 5.38. The number of aliphatic carboxylic acids is 1. The van der Waals surface area contributed by atoms with Gasteiger partial charge in [-0.3, -0.25) is 4.79 Å². The Morgan fingerprint density at radius 2 is 2.12 bits per heavy atom. The fourth-order valence-electron chi connectivity index (χ4n) is 3.06. The fourth-order valence-corrected chi connectivity index (χ4v) is 3.28. The van der Waals surface area contributed by atoms with Gasteiger partial charge in [0.05, 0.1) is 11.2 Å². The van der Waals surface area contributed by atoms with Crippen molar-refractivity contribution < 1.29 is 19.1 Å². The maximum absolute atomic E-state index is 12.4. The number of aryl methyl sites for hydroxylation is 1. The van der Waals surface area contributed by atoms with Crippen molar-refractivity contribution in [3.8, 4) is 11.3 Å². The summed E-state index contributed by atoms with van der Waals surface area (Å²) in [5, 5.41) is 9.83. The summed E-state index contributed by atoms with van der Waals surface area (Å²) in [5.74, 6) is -0.128. The van der Waals surface area contributed by atoms with Crippen LogP contribution in [0.25, 0.3) is 11.3 Å². The van der Waals surface area contributed by atoms with Crippen molar-refractivity contribution in [2.75, 3.05) is 6.54 Å². The van der Waals surface area contributed by atoms with Crippen LogP contribution in [0.4, 0.5) is 0 Å². The number of nitrogens with zero attached hydrogens (tertiary/aromatic N) is 2. The average Bonchev–Trinajstić information content (AvgIpc) is 3.08. The number of carboxylic acids is 1. The highest BCUT2D eigenvalue weighted by molar-refractivity contribution is 6.33. The van der Waals surface area contributed by atoms with Gasteiger partial charge >= 0.3 is 5.97 Å². The van der Waals surface area contributed by atoms with Crippen molar-refractivity contribution in [1.82, 2.24) is 9.88 Å². The Balaban J connectivity index is 1.63. The van der Waals surface area contributed by atoms with E-state index in [4.69, 9.17) is 16.0 Å². The predicted octanol–water partition coefficient (Wildman–Crippen LogP) is 3.39. The molecule has 132 valence electrons. The lowest BCUT2D eigenvalue weighted by Crippen LogP contribution is -2.48. The van der Waals surface area contributed by atoms with Gasteiger partial charge in [0.15, 0.2) is 11.7 Å². The van der Waals surface area contributed by atoms with E-state index in [0.29, 0.717) is 36.1 Å². The highest BCUT2D eigenvalue weighted by atomic mass is 35.5. The number of likely N-dealkylation sites (tertiary alicyclic amines) is 1. The van der Waals surface area contributed by atoms with Crippen molar-refractivity contribution in [1.29, 1.82) is 0 Å². The molecule has 3 rings (SSSR count). The lowest BCUT2D eigenvalue weighted by atomic mass is 10.0. The number of benzene rings is 1. The molecule has 0 saturated carbocycles. The zero-order valence-electron chi connectivity index (χ0n) is 13.7. The highest BCUT2D eigenvalue weighted by Gasteiger charge is 2.31. The summed E-state index contributed by atoms with van der Waals surface area (Å²) in [6.07, 6.45) is 4.27. The Hall–Kier alpha value is -2.34. The fraction of sp³-hybridized carbons (Fsp3) is 0.389. The van der Waals surface area contributed by atoms with Crippen LogP contribution in [0, 0.1) is 0 Å². The molecule has 1 aliphatic rings. The number of hydrogen-bond donors (Lipinski definition) is 1. The van der Waals surface area contributed by atoms with Gasteiger partial charge in [-0.25, -0.2) is 9.78 Å². The smallest absolute Gasteiger partial charge is 0.326 e. The van der Waals surface area contributed by atoms with Gasteiger partial charge in [-0.05, 0) is 31.4 Å². The SMILES string of the molecule is O=C(O)[C@H]1CCCCN1C(=O)CCc1ncc(-c2ccccc2Cl)o1. The second kappa shape index (κ2) is 7.70. The first-order valence-corrected chi connectivity index (χ1v) is 8.66. The Morgan fingerprint density at radius 3 is 2.88 bits per heavy atom. The Morgan fingerprint density at radius 1 is 1.32 bits per heavy atom. The van der Waals surface area contributed by atoms with Gasteiger partial charge in [0.1, 0.15) is 6.04 Å². The monoisotopic (exact) mass is 362 g/mol. The second-order valence-electron chi connectivity index (χ2n) is 6.04. The minimum Gasteiger partial charge on any atom is -0.480 e. The van der Waals surface area contributed by atoms with Gasteiger partial charge in [0.2, 0.25) is 5.91 Å². The van der Waals surface area contributed by atoms with E-state index in [-0.39, 0.29) is 12.3 Å². The Bertz CT molecular complexity index is 774. The molecule has 6 nitrogen and oxygen atoms in total. The minimum absolute atomic E-state index is 0.173. The van der Waals surface area contributed by atoms with E-state index in [9.17, 15) is 14.7 Å². The normalized spacial score (nSPS) is 17.5. The van der Waals surface area contributed by atoms with E-state index in [1.165, 1.54) is 4.90 Å². The van der Waals surface area contributed by atoms with Crippen molar-refractivity contribution >= 4 is 23.5 Å². The molecule has 0 spiro atoms. The molecule has 1 amide bonds. The number of carbonyl (C=O) groups is 2. The van der Waals surface area contributed by atoms with Crippen LogP contribution < -0.4 is 0 Å². The molecule has 1 aliphatic heterocycles. The summed E-state index contributed by atoms with van der Waals surface area (Å²) in [6, 6.07) is 6.58. The van der Waals surface area contributed by atoms with Gasteiger partial charge in [-0.1, -0.05) is 23.7 Å². The molecule has 2 heterocycles. The number of oxazole rings is 1. The topological polar surface area (TPSA) is 83.6 Å². The number of aromatic nitrogens is 1. The summed E-state index contributed by atoms with van der Waals surface area (Å²) >= 11 is 6.14. The third kappa shape index (κ3) is 4.02. The van der Waals surface area contributed by atoms with Crippen molar-refractivity contribution in [3.05, 3.63) is 41.4 Å². The molecule has 7 heteroatoms. The van der Waals surface area contributed by atoms with Gasteiger partial charge in [0, 0.05) is 24.9 Å². The van der Waals surface area contributed by atoms with Crippen LogP contribution in [-0.4, -0.2) is 39.5 Å². The van der Waals surface area contributed by atoms with Crippen LogP contribution in [0.1, 0.15) is 31.6 Å². The third-order valence-corrected chi connectivity index (χ3v) is 4.68. The van der Waals surface area contributed by atoms with Crippen LogP contribution >= 0.6 is 11.6 Å². The molecular weight excluding hydrogens is 344 g/mol. The van der Waals surface area contributed by atoms with E-state index < -0.39 is 12.0 Å². The van der Waals surface area contributed by atoms with Crippen LogP contribution in [-0.2, 0) is 16.0 Å². The van der Waals surface area contributed by atoms with E-state index in [1.807, 2.05) is 18.2 Å². The average molecular weight is 363 g/mol. The molecule has 1 aromatic heterocycles. The minimum atomic E-state index is -0.940. The first-order valence-electron chi connectivity index (χ1n) is 8.28. The number of carboxylic acid groups (broad SMARTS) is 1. The second-order valence-corrected chi connectivity index (χ2v) is 6.44. The van der Waals surface area contributed by atoms with Crippen LogP contribution in [0.15, 0.2) is 34.9 Å². The largest absolute Gasteiger partial charge is 0.480 e. The van der Waals surface area contributed by atoms with Crippen LogP contribution in [0.3, 0.4) is 0 Å². The predicted molar refractivity (Wildman–Crippen MR) is 92.3 cm³/mol. The molecule has 0 aliphatic carbocycles. The molecule has 1 saturated heterocycles. The number of rotatable bonds is 5. The standard InChI is InChI=1S/C18H19ClN2O4/c19-13-6-2-1-5-12(13)15-11-20-16(25-15)8-9-17(22)21-10-4-3-7-14(21)18(23)24/h1-2,5-6,11,14H,3-4,7-10H2,(H,23,24)/t14-/m1/s1. The summed E-state index contributed by atoms with van der Waals surface area (Å²) in [7, 11) is 0. The number of piperidine rings is 1. The van der Waals surface area contributed by atoms with E-state index >= 15 is 0 Å². The molecule has 2 aromatic rings. The molecule has 1 fully saturated rings. The summed E-state index contributed by atoms with van der Waals surface area (Å²) in [6.45, 7) is 0.492. The van der Waals surface area contributed by atoms with Crippen molar-refractivity contribution in [2.45, 2.75) is 38.1 Å². The van der Waals surface area contributed by atoms with Crippen molar-refractivity contribution in [3.63, 3.8) is 0 Å². The maximum atomic E-state index is 12.4. The summed E-state index contributed by atoms with van der Waals surface area (Å²) in [5.41, 5.74) is 0.746. The lowest BCUT2D eigenvalue weighted by Gasteiger charge is -2.32. The molecule has 25 heavy (non-hydrogen) atoms. The summed E-state index contributed by atoms with van der Waals surface area (Å²) in [4.78, 5) is 29.3. The summed E-state index contributed by atoms with van der Waals surface area (Å²) < 4.78 is 5.68. The number of carbonyl (C=O) groups excluding carboxylic acids is 1. The molecule has 1 atom stereocenters. The zero-order valence-corrected chi connectivity index (χ0v) is 14.4. The quantitative estimate of drug-likeness (QED) is 0.881. The molecule has 0 bridgehead atoms. The first-order chi connectivity index (χ1) is 12.1. The maximum Gasteiger partial charge on any atom is 0.326 e. The molecule has 0 radical (unpaired) electrons. The highest BCUT2D eigenvalue weighted by Crippen LogP contribution is 2.28. The van der Waals surface area contributed by atoms with Gasteiger partial charge in [0.25, 0.3) is 0 Å². The van der Waals surface area contributed by atoms with Crippen LogP contribution in [0.2, 0.25) is 5.02 Å². The molecular formula is C18H19ClN2O4. The third-order valence-electron chi connectivity index (χ3n) is 4.35. The lowest BCUT2D eigenvalue weighted by molar-refractivity contribution is -0.152. The zero-order chi connectivity index (χ0) is 17.8. The first kappa shape index (κ1) is 17.5. The van der Waals surface area contributed by atoms with E-state index in [2.05, 4.69) is 4.98 Å². The van der Waals surface area contributed by atoms with Gasteiger partial charge in [-0.2, -0.15) is 0 Å². The van der Waals surface area contributed by atoms with Gasteiger partial charge in [-0.15, -0.1) is 0 Å². The van der Waals surface area contributed by atoms with Crippen LogP contribution in [0.5, 0.6) is 0 Å². The molecule has 0 unspecified atom stereocenters. The molecule has 1 N–H and O–H groups in total. The number of hydrogen-bond acceptors (Lipinski definition) is 4. The molecule has 1 aromatic carbocycles.